The molecular weight excluding hydrogens is 397 g/mol. The molecule has 0 aliphatic carbocycles. The summed E-state index contributed by atoms with van der Waals surface area (Å²) in [6, 6.07) is 11.5. The van der Waals surface area contributed by atoms with Crippen LogP contribution in [-0.2, 0) is 6.42 Å². The third-order valence-corrected chi connectivity index (χ3v) is 4.97. The minimum Gasteiger partial charge on any atom is -0.468 e. The fraction of sp³-hybridized carbons (Fsp3) is 0.278. The minimum absolute atomic E-state index is 0.200. The van der Waals surface area contributed by atoms with Crippen molar-refractivity contribution in [1.29, 1.82) is 0 Å². The van der Waals surface area contributed by atoms with E-state index in [0.29, 0.717) is 16.5 Å². The van der Waals surface area contributed by atoms with Gasteiger partial charge in [0.15, 0.2) is 6.23 Å². The zero-order chi connectivity index (χ0) is 16.6. The fourth-order valence-corrected chi connectivity index (χ4v) is 3.24. The second-order valence-corrected chi connectivity index (χ2v) is 7.61. The van der Waals surface area contributed by atoms with Gasteiger partial charge >= 0.3 is 0 Å². The van der Waals surface area contributed by atoms with Crippen molar-refractivity contribution in [3.05, 3.63) is 62.0 Å². The number of rotatable bonds is 3. The van der Waals surface area contributed by atoms with E-state index in [1.807, 2.05) is 36.4 Å². The number of nitrogens with zero attached hydrogens (tertiary/aromatic N) is 1. The fourth-order valence-electron chi connectivity index (χ4n) is 2.50. The van der Waals surface area contributed by atoms with Gasteiger partial charge in [0.05, 0.1) is 5.71 Å². The highest BCUT2D eigenvalue weighted by Gasteiger charge is 2.25. The molecule has 0 saturated heterocycles. The summed E-state index contributed by atoms with van der Waals surface area (Å²) in [6.45, 7) is 4.19. The second kappa shape index (κ2) is 6.84. The first-order valence-corrected chi connectivity index (χ1v) is 8.96. The molecule has 1 heterocycles. The highest BCUT2D eigenvalue weighted by atomic mass is 79.9. The van der Waals surface area contributed by atoms with Gasteiger partial charge in [-0.05, 0) is 42.0 Å². The zero-order valence-electron chi connectivity index (χ0n) is 12.8. The van der Waals surface area contributed by atoms with Crippen molar-refractivity contribution >= 4 is 44.8 Å². The second-order valence-electron chi connectivity index (χ2n) is 5.88. The SMILES string of the molecule is CC(C)C1N=C(Cc2cc(Cl)ccc2Br)c2ccc(Cl)cc2O1. The Labute approximate surface area is 154 Å². The molecule has 3 rings (SSSR count). The van der Waals surface area contributed by atoms with Crippen molar-refractivity contribution < 1.29 is 4.74 Å². The number of halogens is 3. The summed E-state index contributed by atoms with van der Waals surface area (Å²) >= 11 is 15.8. The van der Waals surface area contributed by atoms with Crippen LogP contribution in [0.4, 0.5) is 0 Å². The maximum atomic E-state index is 6.13. The van der Waals surface area contributed by atoms with E-state index in [0.717, 1.165) is 27.1 Å². The van der Waals surface area contributed by atoms with Gasteiger partial charge in [-0.3, -0.25) is 0 Å². The zero-order valence-corrected chi connectivity index (χ0v) is 15.9. The third-order valence-electron chi connectivity index (χ3n) is 3.72. The number of fused-ring (bicyclic) bond motifs is 1. The Bertz CT molecular complexity index is 774. The topological polar surface area (TPSA) is 21.6 Å². The highest BCUT2D eigenvalue weighted by molar-refractivity contribution is 9.10. The maximum Gasteiger partial charge on any atom is 0.192 e. The van der Waals surface area contributed by atoms with Gasteiger partial charge in [-0.25, -0.2) is 4.99 Å². The summed E-state index contributed by atoms with van der Waals surface area (Å²) in [4.78, 5) is 4.81. The quantitative estimate of drug-likeness (QED) is 0.591. The van der Waals surface area contributed by atoms with Crippen LogP contribution in [0.15, 0.2) is 45.9 Å². The summed E-state index contributed by atoms with van der Waals surface area (Å²) < 4.78 is 7.01. The lowest BCUT2D eigenvalue weighted by atomic mass is 9.99. The van der Waals surface area contributed by atoms with Crippen molar-refractivity contribution in [2.75, 3.05) is 0 Å². The van der Waals surface area contributed by atoms with Gasteiger partial charge in [0, 0.05) is 32.4 Å². The predicted octanol–water partition coefficient (Wildman–Crippen LogP) is 6.16. The first-order valence-electron chi connectivity index (χ1n) is 7.41. The van der Waals surface area contributed by atoms with Crippen LogP contribution in [0.5, 0.6) is 5.75 Å². The Balaban J connectivity index is 2.03. The molecule has 2 aromatic carbocycles. The van der Waals surface area contributed by atoms with E-state index in [1.54, 1.807) is 0 Å². The van der Waals surface area contributed by atoms with Gasteiger partial charge in [-0.2, -0.15) is 0 Å². The molecule has 0 N–H and O–H groups in total. The highest BCUT2D eigenvalue weighted by Crippen LogP contribution is 2.32. The lowest BCUT2D eigenvalue weighted by Crippen LogP contribution is -2.28. The molecule has 0 bridgehead atoms. The average molecular weight is 413 g/mol. The molecule has 23 heavy (non-hydrogen) atoms. The molecule has 0 spiro atoms. The molecule has 2 nitrogen and oxygen atoms in total. The summed E-state index contributed by atoms with van der Waals surface area (Å²) in [5.41, 5.74) is 3.07. The van der Waals surface area contributed by atoms with Gasteiger partial charge in [0.25, 0.3) is 0 Å². The van der Waals surface area contributed by atoms with Crippen LogP contribution in [0.3, 0.4) is 0 Å². The molecule has 0 aromatic heterocycles. The molecule has 1 unspecified atom stereocenters. The van der Waals surface area contributed by atoms with Crippen molar-refractivity contribution in [1.82, 2.24) is 0 Å². The van der Waals surface area contributed by atoms with Gasteiger partial charge in [-0.15, -0.1) is 0 Å². The number of hydrogen-bond acceptors (Lipinski definition) is 2. The van der Waals surface area contributed by atoms with E-state index in [2.05, 4.69) is 29.8 Å². The van der Waals surface area contributed by atoms with Crippen LogP contribution >= 0.6 is 39.1 Å². The largest absolute Gasteiger partial charge is 0.468 e. The van der Waals surface area contributed by atoms with Crippen LogP contribution < -0.4 is 4.74 Å². The predicted molar refractivity (Wildman–Crippen MR) is 100 cm³/mol. The van der Waals surface area contributed by atoms with Crippen LogP contribution in [-0.4, -0.2) is 11.9 Å². The van der Waals surface area contributed by atoms with Crippen LogP contribution in [0.25, 0.3) is 0 Å². The maximum absolute atomic E-state index is 6.13. The molecule has 2 aromatic rings. The smallest absolute Gasteiger partial charge is 0.192 e. The Hall–Kier alpha value is -1.03. The summed E-state index contributed by atoms with van der Waals surface area (Å²) in [7, 11) is 0. The molecule has 1 aliphatic heterocycles. The number of hydrogen-bond donors (Lipinski definition) is 0. The first-order chi connectivity index (χ1) is 10.9. The van der Waals surface area contributed by atoms with Crippen molar-refractivity contribution in [3.8, 4) is 5.75 Å². The van der Waals surface area contributed by atoms with Crippen molar-refractivity contribution in [3.63, 3.8) is 0 Å². The van der Waals surface area contributed by atoms with Gasteiger partial charge in [-0.1, -0.05) is 53.0 Å². The van der Waals surface area contributed by atoms with E-state index in [4.69, 9.17) is 32.9 Å². The van der Waals surface area contributed by atoms with Crippen LogP contribution in [0.1, 0.15) is 25.0 Å². The van der Waals surface area contributed by atoms with Crippen LogP contribution in [0, 0.1) is 5.92 Å². The van der Waals surface area contributed by atoms with E-state index < -0.39 is 0 Å². The van der Waals surface area contributed by atoms with Crippen molar-refractivity contribution in [2.45, 2.75) is 26.5 Å². The molecule has 5 heteroatoms. The number of aliphatic imine (C=N–C) groups is 1. The Morgan fingerprint density at radius 2 is 1.83 bits per heavy atom. The Morgan fingerprint density at radius 3 is 2.57 bits per heavy atom. The average Bonchev–Trinajstić information content (AvgIpc) is 2.50. The lowest BCUT2D eigenvalue weighted by Gasteiger charge is -2.27. The number of benzene rings is 2. The van der Waals surface area contributed by atoms with Gasteiger partial charge in [0.1, 0.15) is 5.75 Å². The van der Waals surface area contributed by atoms with Crippen LogP contribution in [0.2, 0.25) is 10.0 Å². The standard InChI is InChI=1S/C18H16BrCl2NO/c1-10(2)18-22-16(8-11-7-12(20)4-6-15(11)19)14-5-3-13(21)9-17(14)23-18/h3-7,9-10,18H,8H2,1-2H3. The summed E-state index contributed by atoms with van der Waals surface area (Å²) in [6.07, 6.45) is 0.483. The van der Waals surface area contributed by atoms with E-state index >= 15 is 0 Å². The Morgan fingerprint density at radius 1 is 1.13 bits per heavy atom. The monoisotopic (exact) mass is 411 g/mol. The van der Waals surface area contributed by atoms with E-state index in [1.165, 1.54) is 0 Å². The van der Waals surface area contributed by atoms with Gasteiger partial charge in [0.2, 0.25) is 0 Å². The molecule has 1 atom stereocenters. The van der Waals surface area contributed by atoms with E-state index in [-0.39, 0.29) is 12.1 Å². The minimum atomic E-state index is -0.200. The molecule has 0 fully saturated rings. The molecular formula is C18H16BrCl2NO. The molecule has 0 amide bonds. The molecule has 0 saturated carbocycles. The molecule has 120 valence electrons. The summed E-state index contributed by atoms with van der Waals surface area (Å²) in [5, 5.41) is 1.38. The lowest BCUT2D eigenvalue weighted by molar-refractivity contribution is 0.156. The first kappa shape index (κ1) is 16.8. The molecule has 0 radical (unpaired) electrons. The normalized spacial score (nSPS) is 16.8. The van der Waals surface area contributed by atoms with Crippen molar-refractivity contribution in [2.24, 2.45) is 10.9 Å². The molecule has 1 aliphatic rings. The third kappa shape index (κ3) is 3.73. The Kier molecular flexibility index (Phi) is 5.00. The van der Waals surface area contributed by atoms with E-state index in [9.17, 15) is 0 Å². The summed E-state index contributed by atoms with van der Waals surface area (Å²) in [5.74, 6) is 1.07. The number of ether oxygens (including phenoxy) is 1. The van der Waals surface area contributed by atoms with Gasteiger partial charge < -0.3 is 4.74 Å².